The van der Waals surface area contributed by atoms with E-state index in [2.05, 4.69) is 10.1 Å². The van der Waals surface area contributed by atoms with Crippen molar-refractivity contribution in [2.24, 2.45) is 5.10 Å². The first kappa shape index (κ1) is 17.9. The van der Waals surface area contributed by atoms with Gasteiger partial charge in [-0.3, -0.25) is 9.59 Å². The summed E-state index contributed by atoms with van der Waals surface area (Å²) in [4.78, 5) is 31.5. The normalized spacial score (nSPS) is 21.7. The molecule has 3 aromatic rings. The first-order chi connectivity index (χ1) is 14.0. The fraction of sp³-hybridized carbons (Fsp3) is 0.227. The Bertz CT molecular complexity index is 1180. The first-order valence-corrected chi connectivity index (χ1v) is 9.89. The average molecular weight is 407 g/mol. The van der Waals surface area contributed by atoms with Gasteiger partial charge in [0.15, 0.2) is 5.54 Å². The van der Waals surface area contributed by atoms with Crippen molar-refractivity contribution in [1.82, 2.24) is 14.9 Å². The molecule has 6 nitrogen and oxygen atoms in total. The zero-order valence-corrected chi connectivity index (χ0v) is 16.6. The van der Waals surface area contributed by atoms with Crippen LogP contribution in [0.3, 0.4) is 0 Å². The summed E-state index contributed by atoms with van der Waals surface area (Å²) in [7, 11) is 0. The van der Waals surface area contributed by atoms with Gasteiger partial charge in [0.05, 0.1) is 11.9 Å². The van der Waals surface area contributed by atoms with Crippen LogP contribution >= 0.6 is 11.6 Å². The maximum absolute atomic E-state index is 13.5. The van der Waals surface area contributed by atoms with E-state index in [9.17, 15) is 9.59 Å². The molecule has 29 heavy (non-hydrogen) atoms. The van der Waals surface area contributed by atoms with Crippen LogP contribution in [0.25, 0.3) is 10.9 Å². The Balaban J connectivity index is 1.58. The zero-order chi connectivity index (χ0) is 20.2. The summed E-state index contributed by atoms with van der Waals surface area (Å²) in [6.45, 7) is 2.24. The largest absolute Gasteiger partial charge is 0.356 e. The highest BCUT2D eigenvalue weighted by Crippen LogP contribution is 2.41. The molecule has 0 unspecified atom stereocenters. The Morgan fingerprint density at radius 2 is 1.90 bits per heavy atom. The van der Waals surface area contributed by atoms with Gasteiger partial charge in [-0.15, -0.1) is 0 Å². The Hall–Kier alpha value is -3.12. The van der Waals surface area contributed by atoms with Crippen molar-refractivity contribution < 1.29 is 9.59 Å². The van der Waals surface area contributed by atoms with Gasteiger partial charge < -0.3 is 9.88 Å². The molecule has 1 aromatic heterocycles. The van der Waals surface area contributed by atoms with Crippen molar-refractivity contribution in [1.29, 1.82) is 0 Å². The van der Waals surface area contributed by atoms with Gasteiger partial charge in [0.1, 0.15) is 6.54 Å². The van der Waals surface area contributed by atoms with Crippen LogP contribution in [0.1, 0.15) is 23.7 Å². The number of H-pyrrole nitrogens is 1. The van der Waals surface area contributed by atoms with Gasteiger partial charge >= 0.3 is 0 Å². The number of carbonyl (C=O) groups is 2. The third kappa shape index (κ3) is 2.59. The number of benzene rings is 2. The van der Waals surface area contributed by atoms with E-state index in [0.717, 1.165) is 28.6 Å². The second kappa shape index (κ2) is 6.46. The molecule has 1 saturated heterocycles. The number of para-hydroxylation sites is 1. The Labute approximate surface area is 172 Å². The number of aromatic nitrogens is 1. The first-order valence-electron chi connectivity index (χ1n) is 9.51. The fourth-order valence-electron chi connectivity index (χ4n) is 4.40. The number of hydrogen-bond donors (Lipinski definition) is 1. The van der Waals surface area contributed by atoms with E-state index < -0.39 is 5.54 Å². The number of rotatable bonds is 2. The van der Waals surface area contributed by atoms with E-state index in [0.29, 0.717) is 17.1 Å². The van der Waals surface area contributed by atoms with Gasteiger partial charge in [0, 0.05) is 28.0 Å². The third-order valence-corrected chi connectivity index (χ3v) is 6.25. The minimum atomic E-state index is -1.11. The van der Waals surface area contributed by atoms with Crippen LogP contribution in [0.4, 0.5) is 0 Å². The number of carbonyl (C=O) groups excluding carboxylic acids is 2. The lowest BCUT2D eigenvalue weighted by molar-refractivity contribution is -0.165. The summed E-state index contributed by atoms with van der Waals surface area (Å²) < 4.78 is 0. The number of amides is 2. The molecule has 7 heteroatoms. The van der Waals surface area contributed by atoms with Gasteiger partial charge in [0.2, 0.25) is 5.91 Å². The molecule has 1 N–H and O–H groups in total. The molecule has 0 spiro atoms. The predicted molar refractivity (Wildman–Crippen MR) is 112 cm³/mol. The molecular weight excluding hydrogens is 388 g/mol. The number of aromatic amines is 1. The van der Waals surface area contributed by atoms with E-state index in [-0.39, 0.29) is 18.4 Å². The highest BCUT2D eigenvalue weighted by Gasteiger charge is 2.54. The number of halogens is 1. The van der Waals surface area contributed by atoms with Gasteiger partial charge in [0.25, 0.3) is 5.91 Å². The number of hydrogen-bond acceptors (Lipinski definition) is 3. The molecular formula is C22H19ClN4O2. The quantitative estimate of drug-likeness (QED) is 0.663. The average Bonchev–Trinajstić information content (AvgIpc) is 3.11. The van der Waals surface area contributed by atoms with Crippen LogP contribution in [0.5, 0.6) is 0 Å². The molecule has 0 aliphatic carbocycles. The molecule has 2 aliphatic rings. The summed E-state index contributed by atoms with van der Waals surface area (Å²) in [6.07, 6.45) is 2.25. The van der Waals surface area contributed by atoms with E-state index >= 15 is 0 Å². The van der Waals surface area contributed by atoms with Crippen LogP contribution < -0.4 is 0 Å². The topological polar surface area (TPSA) is 68.8 Å². The second-order valence-electron chi connectivity index (χ2n) is 7.52. The molecule has 1 atom stereocenters. The predicted octanol–water partition coefficient (Wildman–Crippen LogP) is 3.30. The van der Waals surface area contributed by atoms with Crippen molar-refractivity contribution >= 4 is 40.5 Å². The maximum atomic E-state index is 13.5. The highest BCUT2D eigenvalue weighted by molar-refractivity contribution is 6.33. The molecule has 146 valence electrons. The third-order valence-electron chi connectivity index (χ3n) is 5.90. The number of nitrogens with one attached hydrogen (secondary N) is 1. The minimum absolute atomic E-state index is 0.0784. The van der Waals surface area contributed by atoms with Crippen LogP contribution in [-0.2, 0) is 21.5 Å². The number of piperazine rings is 1. The van der Waals surface area contributed by atoms with Gasteiger partial charge in [-0.05, 0) is 31.0 Å². The molecule has 1 fully saturated rings. The van der Waals surface area contributed by atoms with Crippen molar-refractivity contribution in [2.45, 2.75) is 18.9 Å². The summed E-state index contributed by atoms with van der Waals surface area (Å²) in [5, 5.41) is 7.21. The summed E-state index contributed by atoms with van der Waals surface area (Å²) in [5.41, 5.74) is 2.42. The molecule has 0 bridgehead atoms. The molecule has 3 heterocycles. The smallest absolute Gasteiger partial charge is 0.275 e. The zero-order valence-electron chi connectivity index (χ0n) is 15.9. The van der Waals surface area contributed by atoms with E-state index in [4.69, 9.17) is 11.6 Å². The van der Waals surface area contributed by atoms with E-state index in [1.165, 1.54) is 11.2 Å². The Kier molecular flexibility index (Phi) is 3.99. The van der Waals surface area contributed by atoms with Crippen molar-refractivity contribution in [3.63, 3.8) is 0 Å². The van der Waals surface area contributed by atoms with Crippen LogP contribution in [0.2, 0.25) is 5.02 Å². The molecule has 2 aromatic carbocycles. The highest BCUT2D eigenvalue weighted by atomic mass is 35.5. The Morgan fingerprint density at radius 3 is 2.72 bits per heavy atom. The molecule has 2 amide bonds. The van der Waals surface area contributed by atoms with Crippen molar-refractivity contribution in [2.75, 3.05) is 13.1 Å². The molecule has 0 radical (unpaired) electrons. The van der Waals surface area contributed by atoms with Crippen LogP contribution in [0.15, 0.2) is 53.6 Å². The van der Waals surface area contributed by atoms with Gasteiger partial charge in [-0.1, -0.05) is 48.0 Å². The lowest BCUT2D eigenvalue weighted by atomic mass is 9.83. The lowest BCUT2D eigenvalue weighted by Crippen LogP contribution is -2.65. The monoisotopic (exact) mass is 406 g/mol. The molecule has 2 aliphatic heterocycles. The fourth-order valence-corrected chi connectivity index (χ4v) is 4.58. The number of fused-ring (bicyclic) bond motifs is 5. The molecule has 0 saturated carbocycles. The summed E-state index contributed by atoms with van der Waals surface area (Å²) >= 11 is 6.18. The maximum Gasteiger partial charge on any atom is 0.275 e. The van der Waals surface area contributed by atoms with Crippen LogP contribution in [-0.4, -0.2) is 46.0 Å². The van der Waals surface area contributed by atoms with Gasteiger partial charge in [-0.25, -0.2) is 5.01 Å². The van der Waals surface area contributed by atoms with Crippen LogP contribution in [0, 0.1) is 0 Å². The lowest BCUT2D eigenvalue weighted by Gasteiger charge is -2.48. The number of hydrazone groups is 1. The molecule has 5 rings (SSSR count). The minimum Gasteiger partial charge on any atom is -0.356 e. The summed E-state index contributed by atoms with van der Waals surface area (Å²) in [5.74, 6) is -0.347. The van der Waals surface area contributed by atoms with Crippen molar-refractivity contribution in [3.8, 4) is 0 Å². The summed E-state index contributed by atoms with van der Waals surface area (Å²) in [6, 6.07) is 15.2. The van der Waals surface area contributed by atoms with Crippen molar-refractivity contribution in [3.05, 3.63) is 70.4 Å². The SMILES string of the molecule is C[C@@]12C(=O)N(/N=C/c3ccccc3Cl)CC(=O)N1CCc1c2[nH]c2ccccc12. The second-order valence-corrected chi connectivity index (χ2v) is 7.93. The van der Waals surface area contributed by atoms with Gasteiger partial charge in [-0.2, -0.15) is 5.10 Å². The van der Waals surface area contributed by atoms with E-state index in [1.54, 1.807) is 17.9 Å². The Morgan fingerprint density at radius 1 is 1.14 bits per heavy atom. The van der Waals surface area contributed by atoms with E-state index in [1.807, 2.05) is 42.5 Å². The number of nitrogens with zero attached hydrogens (tertiary/aromatic N) is 3. The standard InChI is InChI=1S/C22H19ClN4O2/c1-22-20-16(15-7-3-5-9-18(15)25-20)10-11-26(22)19(28)13-27(21(22)29)24-12-14-6-2-4-8-17(14)23/h2-9,12,25H,10-11,13H2,1H3/b24-12+/t22-/m1/s1.